The fourth-order valence-electron chi connectivity index (χ4n) is 1.55. The molecule has 0 aliphatic rings. The number of aryl methyl sites for hydroxylation is 1. The fourth-order valence-corrected chi connectivity index (χ4v) is 2.38. The molecule has 0 aliphatic carbocycles. The Morgan fingerprint density at radius 1 is 1.19 bits per heavy atom. The summed E-state index contributed by atoms with van der Waals surface area (Å²) in [6.07, 6.45) is 0. The van der Waals surface area contributed by atoms with E-state index in [1.807, 2.05) is 30.6 Å². The summed E-state index contributed by atoms with van der Waals surface area (Å²) in [4.78, 5) is 5.37. The standard InChI is InChI=1S/C12H13NO2S/c1-8-12(16-7-13-8)10-6-9(14-2)4-5-11(10)15-3/h4-7H,1-3H3. The van der Waals surface area contributed by atoms with Crippen LogP contribution in [0.5, 0.6) is 11.5 Å². The van der Waals surface area contributed by atoms with E-state index < -0.39 is 0 Å². The van der Waals surface area contributed by atoms with E-state index in [9.17, 15) is 0 Å². The van der Waals surface area contributed by atoms with Gasteiger partial charge in [0, 0.05) is 5.56 Å². The topological polar surface area (TPSA) is 31.4 Å². The lowest BCUT2D eigenvalue weighted by atomic mass is 10.1. The number of ether oxygens (including phenoxy) is 2. The molecule has 0 fully saturated rings. The summed E-state index contributed by atoms with van der Waals surface area (Å²) >= 11 is 1.60. The zero-order chi connectivity index (χ0) is 11.5. The first-order chi connectivity index (χ1) is 7.76. The van der Waals surface area contributed by atoms with Crippen molar-refractivity contribution in [3.05, 3.63) is 29.4 Å². The Kier molecular flexibility index (Phi) is 3.10. The summed E-state index contributed by atoms with van der Waals surface area (Å²) in [5, 5.41) is 0. The third-order valence-electron chi connectivity index (χ3n) is 2.40. The van der Waals surface area contributed by atoms with Gasteiger partial charge in [-0.25, -0.2) is 4.98 Å². The maximum absolute atomic E-state index is 5.35. The molecular formula is C12H13NO2S. The molecule has 3 nitrogen and oxygen atoms in total. The molecule has 0 radical (unpaired) electrons. The predicted molar refractivity (Wildman–Crippen MR) is 65.4 cm³/mol. The van der Waals surface area contributed by atoms with E-state index in [0.717, 1.165) is 27.6 Å². The minimum Gasteiger partial charge on any atom is -0.497 e. The van der Waals surface area contributed by atoms with E-state index in [0.29, 0.717) is 0 Å². The third kappa shape index (κ3) is 1.88. The van der Waals surface area contributed by atoms with Gasteiger partial charge in [0.1, 0.15) is 11.5 Å². The maximum Gasteiger partial charge on any atom is 0.127 e. The van der Waals surface area contributed by atoms with Crippen LogP contribution in [-0.4, -0.2) is 19.2 Å². The van der Waals surface area contributed by atoms with Crippen molar-refractivity contribution >= 4 is 11.3 Å². The lowest BCUT2D eigenvalue weighted by Gasteiger charge is -2.09. The van der Waals surface area contributed by atoms with Crippen LogP contribution in [0.15, 0.2) is 23.7 Å². The summed E-state index contributed by atoms with van der Waals surface area (Å²) in [5.41, 5.74) is 3.88. The zero-order valence-electron chi connectivity index (χ0n) is 9.48. The van der Waals surface area contributed by atoms with Crippen LogP contribution in [0.25, 0.3) is 10.4 Å². The maximum atomic E-state index is 5.35. The molecule has 0 saturated carbocycles. The molecule has 84 valence electrons. The van der Waals surface area contributed by atoms with Crippen LogP contribution in [0.4, 0.5) is 0 Å². The van der Waals surface area contributed by atoms with Crippen molar-refractivity contribution in [2.45, 2.75) is 6.92 Å². The summed E-state index contributed by atoms with van der Waals surface area (Å²) in [6.45, 7) is 1.99. The van der Waals surface area contributed by atoms with Gasteiger partial charge in [-0.15, -0.1) is 11.3 Å². The molecule has 2 aromatic rings. The Hall–Kier alpha value is -1.55. The van der Waals surface area contributed by atoms with Crippen molar-refractivity contribution in [1.82, 2.24) is 4.98 Å². The Labute approximate surface area is 98.7 Å². The minimum atomic E-state index is 0.823. The second-order valence-electron chi connectivity index (χ2n) is 3.33. The molecule has 0 atom stereocenters. The fraction of sp³-hybridized carbons (Fsp3) is 0.250. The van der Waals surface area contributed by atoms with Gasteiger partial charge in [-0.1, -0.05) is 0 Å². The van der Waals surface area contributed by atoms with Gasteiger partial charge in [-0.05, 0) is 25.1 Å². The van der Waals surface area contributed by atoms with Gasteiger partial charge >= 0.3 is 0 Å². The van der Waals surface area contributed by atoms with Gasteiger partial charge in [0.25, 0.3) is 0 Å². The molecule has 1 aromatic heterocycles. The number of hydrogen-bond donors (Lipinski definition) is 0. The highest BCUT2D eigenvalue weighted by Crippen LogP contribution is 2.37. The Morgan fingerprint density at radius 3 is 2.56 bits per heavy atom. The largest absolute Gasteiger partial charge is 0.497 e. The first kappa shape index (κ1) is 11.0. The van der Waals surface area contributed by atoms with Gasteiger partial charge in [0.2, 0.25) is 0 Å². The summed E-state index contributed by atoms with van der Waals surface area (Å²) in [6, 6.07) is 5.77. The number of benzene rings is 1. The van der Waals surface area contributed by atoms with Gasteiger partial charge in [0.05, 0.1) is 30.3 Å². The van der Waals surface area contributed by atoms with Crippen LogP contribution < -0.4 is 9.47 Å². The monoisotopic (exact) mass is 235 g/mol. The number of nitrogens with zero attached hydrogens (tertiary/aromatic N) is 1. The van der Waals surface area contributed by atoms with Crippen molar-refractivity contribution in [2.75, 3.05) is 14.2 Å². The molecule has 16 heavy (non-hydrogen) atoms. The van der Waals surface area contributed by atoms with E-state index in [4.69, 9.17) is 9.47 Å². The number of rotatable bonds is 3. The van der Waals surface area contributed by atoms with E-state index >= 15 is 0 Å². The molecule has 1 aromatic carbocycles. The molecule has 0 saturated heterocycles. The van der Waals surface area contributed by atoms with Crippen LogP contribution in [0.2, 0.25) is 0 Å². The van der Waals surface area contributed by atoms with Crippen molar-refractivity contribution in [2.24, 2.45) is 0 Å². The number of hydrogen-bond acceptors (Lipinski definition) is 4. The van der Waals surface area contributed by atoms with Crippen LogP contribution in [0, 0.1) is 6.92 Å². The highest BCUT2D eigenvalue weighted by molar-refractivity contribution is 7.13. The Balaban J connectivity index is 2.57. The van der Waals surface area contributed by atoms with Crippen molar-refractivity contribution in [1.29, 1.82) is 0 Å². The highest BCUT2D eigenvalue weighted by atomic mass is 32.1. The lowest BCUT2D eigenvalue weighted by molar-refractivity contribution is 0.404. The Morgan fingerprint density at radius 2 is 2.00 bits per heavy atom. The number of thiazole rings is 1. The molecule has 0 bridgehead atoms. The number of methoxy groups -OCH3 is 2. The first-order valence-electron chi connectivity index (χ1n) is 4.88. The molecule has 0 N–H and O–H groups in total. The van der Waals surface area contributed by atoms with Crippen LogP contribution >= 0.6 is 11.3 Å². The molecule has 1 heterocycles. The molecular weight excluding hydrogens is 222 g/mol. The molecule has 0 spiro atoms. The molecule has 0 aliphatic heterocycles. The zero-order valence-corrected chi connectivity index (χ0v) is 10.3. The summed E-state index contributed by atoms with van der Waals surface area (Å²) in [5.74, 6) is 1.66. The summed E-state index contributed by atoms with van der Waals surface area (Å²) < 4.78 is 10.6. The summed E-state index contributed by atoms with van der Waals surface area (Å²) in [7, 11) is 3.33. The van der Waals surface area contributed by atoms with Gasteiger partial charge in [-0.2, -0.15) is 0 Å². The van der Waals surface area contributed by atoms with E-state index in [1.54, 1.807) is 25.6 Å². The molecule has 4 heteroatoms. The van der Waals surface area contributed by atoms with Crippen molar-refractivity contribution < 1.29 is 9.47 Å². The second-order valence-corrected chi connectivity index (χ2v) is 4.19. The number of aromatic nitrogens is 1. The Bertz CT molecular complexity index is 494. The molecule has 0 unspecified atom stereocenters. The third-order valence-corrected chi connectivity index (χ3v) is 3.36. The average molecular weight is 235 g/mol. The predicted octanol–water partition coefficient (Wildman–Crippen LogP) is 3.14. The smallest absolute Gasteiger partial charge is 0.127 e. The van der Waals surface area contributed by atoms with Crippen LogP contribution in [0.1, 0.15) is 5.69 Å². The van der Waals surface area contributed by atoms with Gasteiger partial charge in [-0.3, -0.25) is 0 Å². The van der Waals surface area contributed by atoms with E-state index in [2.05, 4.69) is 4.98 Å². The first-order valence-corrected chi connectivity index (χ1v) is 5.76. The van der Waals surface area contributed by atoms with Crippen molar-refractivity contribution in [3.8, 4) is 21.9 Å². The van der Waals surface area contributed by atoms with Gasteiger partial charge in [0.15, 0.2) is 0 Å². The molecule has 0 amide bonds. The van der Waals surface area contributed by atoms with E-state index in [1.165, 1.54) is 0 Å². The lowest BCUT2D eigenvalue weighted by Crippen LogP contribution is -1.90. The van der Waals surface area contributed by atoms with Crippen LogP contribution in [-0.2, 0) is 0 Å². The van der Waals surface area contributed by atoms with Crippen molar-refractivity contribution in [3.63, 3.8) is 0 Å². The minimum absolute atomic E-state index is 0.823. The van der Waals surface area contributed by atoms with E-state index in [-0.39, 0.29) is 0 Å². The normalized spacial score (nSPS) is 10.2. The second kappa shape index (κ2) is 4.53. The van der Waals surface area contributed by atoms with Crippen LogP contribution in [0.3, 0.4) is 0 Å². The SMILES string of the molecule is COc1ccc(OC)c(-c2scnc2C)c1. The molecule has 2 rings (SSSR count). The average Bonchev–Trinajstić information content (AvgIpc) is 2.74. The highest BCUT2D eigenvalue weighted by Gasteiger charge is 2.11. The van der Waals surface area contributed by atoms with Gasteiger partial charge < -0.3 is 9.47 Å². The quantitative estimate of drug-likeness (QED) is 0.819.